The Hall–Kier alpha value is -1.37. The van der Waals surface area contributed by atoms with Crippen LogP contribution in [0.3, 0.4) is 0 Å². The van der Waals surface area contributed by atoms with E-state index in [4.69, 9.17) is 23.2 Å². The zero-order valence-electron chi connectivity index (χ0n) is 8.94. The van der Waals surface area contributed by atoms with E-state index in [0.29, 0.717) is 18.0 Å². The zero-order chi connectivity index (χ0) is 12.5. The third-order valence-corrected chi connectivity index (χ3v) is 3.72. The van der Waals surface area contributed by atoms with Gasteiger partial charge in [0.05, 0.1) is 17.2 Å². The second-order valence-corrected chi connectivity index (χ2v) is 5.64. The highest BCUT2D eigenvalue weighted by molar-refractivity contribution is 7.16. The van der Waals surface area contributed by atoms with Crippen molar-refractivity contribution >= 4 is 51.5 Å². The summed E-state index contributed by atoms with van der Waals surface area (Å²) in [6, 6.07) is 3.83. The standard InChI is InChI=1S/C10H7Cl2N5S/c11-6-2-1-5(18-6)3-13-8-7-9(15-4-14-7)17-10(12)16-8/h1-2,4H,3H2,(H2,13,14,15,16,17). The van der Waals surface area contributed by atoms with E-state index >= 15 is 0 Å². The molecule has 3 heterocycles. The van der Waals surface area contributed by atoms with Crippen molar-refractivity contribution in [1.29, 1.82) is 0 Å². The summed E-state index contributed by atoms with van der Waals surface area (Å²) in [7, 11) is 0. The molecule has 8 heteroatoms. The molecule has 3 rings (SSSR count). The van der Waals surface area contributed by atoms with Crippen molar-refractivity contribution in [3.63, 3.8) is 0 Å². The number of rotatable bonds is 3. The summed E-state index contributed by atoms with van der Waals surface area (Å²) >= 11 is 13.2. The number of nitrogens with zero attached hydrogens (tertiary/aromatic N) is 3. The number of fused-ring (bicyclic) bond motifs is 1. The van der Waals surface area contributed by atoms with Crippen LogP contribution in [0.4, 0.5) is 5.82 Å². The van der Waals surface area contributed by atoms with Gasteiger partial charge in [-0.2, -0.15) is 9.97 Å². The Bertz CT molecular complexity index is 692. The first-order valence-corrected chi connectivity index (χ1v) is 6.64. The molecule has 0 atom stereocenters. The first kappa shape index (κ1) is 11.7. The van der Waals surface area contributed by atoms with Crippen LogP contribution in [0.1, 0.15) is 4.88 Å². The van der Waals surface area contributed by atoms with Gasteiger partial charge in [-0.25, -0.2) is 4.98 Å². The van der Waals surface area contributed by atoms with Gasteiger partial charge >= 0.3 is 0 Å². The van der Waals surface area contributed by atoms with Crippen molar-refractivity contribution < 1.29 is 0 Å². The molecule has 3 aromatic heterocycles. The average Bonchev–Trinajstić information content (AvgIpc) is 2.94. The zero-order valence-corrected chi connectivity index (χ0v) is 11.3. The first-order valence-electron chi connectivity index (χ1n) is 5.07. The molecule has 0 bridgehead atoms. The maximum atomic E-state index is 5.87. The van der Waals surface area contributed by atoms with Gasteiger partial charge in [-0.3, -0.25) is 0 Å². The van der Waals surface area contributed by atoms with Crippen molar-refractivity contribution in [2.75, 3.05) is 5.32 Å². The molecule has 5 nitrogen and oxygen atoms in total. The molecule has 18 heavy (non-hydrogen) atoms. The van der Waals surface area contributed by atoms with Crippen LogP contribution in [0, 0.1) is 0 Å². The molecular formula is C10H7Cl2N5S. The predicted molar refractivity (Wildman–Crippen MR) is 73.3 cm³/mol. The number of H-pyrrole nitrogens is 1. The molecule has 0 aromatic carbocycles. The Balaban J connectivity index is 1.87. The van der Waals surface area contributed by atoms with E-state index in [0.717, 1.165) is 14.7 Å². The maximum absolute atomic E-state index is 5.87. The Labute approximate surface area is 116 Å². The Morgan fingerprint density at radius 2 is 2.17 bits per heavy atom. The summed E-state index contributed by atoms with van der Waals surface area (Å²) in [6.45, 7) is 0.624. The van der Waals surface area contributed by atoms with Gasteiger partial charge in [0, 0.05) is 4.88 Å². The van der Waals surface area contributed by atoms with Gasteiger partial charge in [-0.15, -0.1) is 11.3 Å². The number of thiophene rings is 1. The van der Waals surface area contributed by atoms with Crippen molar-refractivity contribution in [2.45, 2.75) is 6.54 Å². The third kappa shape index (κ3) is 2.27. The van der Waals surface area contributed by atoms with Crippen molar-refractivity contribution in [3.05, 3.63) is 33.0 Å². The summed E-state index contributed by atoms with van der Waals surface area (Å²) in [5.74, 6) is 0.632. The highest BCUT2D eigenvalue weighted by Crippen LogP contribution is 2.23. The van der Waals surface area contributed by atoms with E-state index in [9.17, 15) is 0 Å². The largest absolute Gasteiger partial charge is 0.363 e. The number of nitrogens with one attached hydrogen (secondary N) is 2. The lowest BCUT2D eigenvalue weighted by molar-refractivity contribution is 1.12. The fraction of sp³-hybridized carbons (Fsp3) is 0.100. The fourth-order valence-corrected chi connectivity index (χ4v) is 2.74. The molecule has 0 saturated heterocycles. The number of aromatic nitrogens is 4. The van der Waals surface area contributed by atoms with E-state index in [-0.39, 0.29) is 5.28 Å². The summed E-state index contributed by atoms with van der Waals surface area (Å²) in [4.78, 5) is 16.3. The quantitative estimate of drug-likeness (QED) is 0.728. The van der Waals surface area contributed by atoms with Crippen LogP contribution in [0.25, 0.3) is 11.2 Å². The third-order valence-electron chi connectivity index (χ3n) is 2.32. The first-order chi connectivity index (χ1) is 8.72. The summed E-state index contributed by atoms with van der Waals surface area (Å²) in [5.41, 5.74) is 1.28. The van der Waals surface area contributed by atoms with Crippen molar-refractivity contribution in [1.82, 2.24) is 19.9 Å². The molecule has 3 aromatic rings. The normalized spacial score (nSPS) is 11.0. The summed E-state index contributed by atoms with van der Waals surface area (Å²) < 4.78 is 0.763. The van der Waals surface area contributed by atoms with Crippen LogP contribution in [0.15, 0.2) is 18.5 Å². The highest BCUT2D eigenvalue weighted by Gasteiger charge is 2.08. The number of halogens is 2. The molecule has 2 N–H and O–H groups in total. The number of anilines is 1. The summed E-state index contributed by atoms with van der Waals surface area (Å²) in [6.07, 6.45) is 1.56. The highest BCUT2D eigenvalue weighted by atomic mass is 35.5. The van der Waals surface area contributed by atoms with E-state index in [1.165, 1.54) is 11.3 Å². The minimum absolute atomic E-state index is 0.168. The number of imidazole rings is 1. The Kier molecular flexibility index (Phi) is 3.07. The van der Waals surface area contributed by atoms with E-state index in [2.05, 4.69) is 25.3 Å². The van der Waals surface area contributed by atoms with Gasteiger partial charge in [0.25, 0.3) is 0 Å². The molecule has 92 valence electrons. The lowest BCUT2D eigenvalue weighted by Gasteiger charge is -2.04. The molecule has 0 unspecified atom stereocenters. The molecule has 0 spiro atoms. The van der Waals surface area contributed by atoms with Gasteiger partial charge in [-0.05, 0) is 23.7 Å². The van der Waals surface area contributed by atoms with Gasteiger partial charge in [0.2, 0.25) is 5.28 Å². The van der Waals surface area contributed by atoms with E-state index in [1.807, 2.05) is 12.1 Å². The predicted octanol–water partition coefficient (Wildman–Crippen LogP) is 3.33. The van der Waals surface area contributed by atoms with Crippen LogP contribution < -0.4 is 5.32 Å². The van der Waals surface area contributed by atoms with Crippen LogP contribution >= 0.6 is 34.5 Å². The van der Waals surface area contributed by atoms with Crippen LogP contribution in [-0.4, -0.2) is 19.9 Å². The fourth-order valence-electron chi connectivity index (χ4n) is 1.55. The molecule has 0 saturated carbocycles. The minimum atomic E-state index is 0.168. The van der Waals surface area contributed by atoms with Gasteiger partial charge in [0.15, 0.2) is 11.5 Å². The molecular weight excluding hydrogens is 293 g/mol. The topological polar surface area (TPSA) is 66.5 Å². The second kappa shape index (κ2) is 4.72. The molecule has 0 aliphatic heterocycles. The molecule has 0 aliphatic carbocycles. The molecule has 0 aliphatic rings. The lowest BCUT2D eigenvalue weighted by Crippen LogP contribution is -2.01. The Morgan fingerprint density at radius 3 is 2.94 bits per heavy atom. The van der Waals surface area contributed by atoms with Crippen molar-refractivity contribution in [2.24, 2.45) is 0 Å². The number of hydrogen-bond acceptors (Lipinski definition) is 5. The molecule has 0 amide bonds. The van der Waals surface area contributed by atoms with Gasteiger partial charge in [0.1, 0.15) is 5.52 Å². The SMILES string of the molecule is Clc1nc(NCc2ccc(Cl)s2)c2[nH]cnc2n1. The summed E-state index contributed by atoms with van der Waals surface area (Å²) in [5, 5.41) is 3.36. The van der Waals surface area contributed by atoms with E-state index < -0.39 is 0 Å². The van der Waals surface area contributed by atoms with E-state index in [1.54, 1.807) is 6.33 Å². The van der Waals surface area contributed by atoms with Crippen LogP contribution in [0.5, 0.6) is 0 Å². The number of aromatic amines is 1. The monoisotopic (exact) mass is 299 g/mol. The molecule has 0 radical (unpaired) electrons. The van der Waals surface area contributed by atoms with Crippen LogP contribution in [0.2, 0.25) is 9.62 Å². The minimum Gasteiger partial charge on any atom is -0.363 e. The van der Waals surface area contributed by atoms with Gasteiger partial charge < -0.3 is 10.3 Å². The van der Waals surface area contributed by atoms with Crippen molar-refractivity contribution in [3.8, 4) is 0 Å². The van der Waals surface area contributed by atoms with Crippen LogP contribution in [-0.2, 0) is 6.54 Å². The smallest absolute Gasteiger partial charge is 0.226 e. The Morgan fingerprint density at radius 1 is 1.28 bits per heavy atom. The maximum Gasteiger partial charge on any atom is 0.226 e. The second-order valence-electron chi connectivity index (χ2n) is 3.50. The average molecular weight is 300 g/mol. The number of hydrogen-bond donors (Lipinski definition) is 2. The lowest BCUT2D eigenvalue weighted by atomic mass is 10.4. The van der Waals surface area contributed by atoms with Gasteiger partial charge in [-0.1, -0.05) is 11.6 Å². The molecule has 0 fully saturated rings.